The first-order valence-electron chi connectivity index (χ1n) is 10.6. The highest BCUT2D eigenvalue weighted by Crippen LogP contribution is 2.22. The summed E-state index contributed by atoms with van der Waals surface area (Å²) < 4.78 is 7.07. The topological polar surface area (TPSA) is 77.3 Å². The van der Waals surface area contributed by atoms with Crippen molar-refractivity contribution in [3.05, 3.63) is 66.5 Å². The maximum atomic E-state index is 12.8. The first-order chi connectivity index (χ1) is 15.0. The SMILES string of the molecule is CC1CCN(C(=O)C(C)OC(=O)c2nc(-c3ccccc3)n(-c3ccccc3)n2)CC1. The van der Waals surface area contributed by atoms with Gasteiger partial charge in [0.2, 0.25) is 0 Å². The average molecular weight is 418 g/mol. The maximum Gasteiger partial charge on any atom is 0.379 e. The van der Waals surface area contributed by atoms with Gasteiger partial charge in [-0.05, 0) is 37.8 Å². The van der Waals surface area contributed by atoms with Crippen molar-refractivity contribution < 1.29 is 14.3 Å². The molecule has 1 atom stereocenters. The third-order valence-electron chi connectivity index (χ3n) is 5.55. The Balaban J connectivity index is 1.56. The number of rotatable bonds is 5. The Kier molecular flexibility index (Phi) is 6.11. The van der Waals surface area contributed by atoms with E-state index in [1.54, 1.807) is 16.5 Å². The van der Waals surface area contributed by atoms with Gasteiger partial charge in [-0.15, -0.1) is 5.10 Å². The van der Waals surface area contributed by atoms with Gasteiger partial charge in [-0.2, -0.15) is 0 Å². The van der Waals surface area contributed by atoms with Crippen molar-refractivity contribution in [2.75, 3.05) is 13.1 Å². The largest absolute Gasteiger partial charge is 0.447 e. The Morgan fingerprint density at radius 3 is 2.26 bits per heavy atom. The molecule has 2 aromatic carbocycles. The molecule has 0 N–H and O–H groups in total. The minimum Gasteiger partial charge on any atom is -0.447 e. The number of likely N-dealkylation sites (tertiary alicyclic amines) is 1. The monoisotopic (exact) mass is 418 g/mol. The molecule has 3 aromatic rings. The highest BCUT2D eigenvalue weighted by atomic mass is 16.5. The lowest BCUT2D eigenvalue weighted by molar-refractivity contribution is -0.141. The Hall–Kier alpha value is -3.48. The second-order valence-corrected chi connectivity index (χ2v) is 7.93. The van der Waals surface area contributed by atoms with E-state index in [1.807, 2.05) is 60.7 Å². The summed E-state index contributed by atoms with van der Waals surface area (Å²) in [5, 5.41) is 4.40. The smallest absolute Gasteiger partial charge is 0.379 e. The second-order valence-electron chi connectivity index (χ2n) is 7.93. The molecular formula is C24H26N4O3. The molecule has 1 saturated heterocycles. The number of nitrogens with zero attached hydrogens (tertiary/aromatic N) is 4. The molecule has 1 fully saturated rings. The Bertz CT molecular complexity index is 984. The molecule has 0 radical (unpaired) electrons. The molecule has 0 aliphatic carbocycles. The number of hydrogen-bond acceptors (Lipinski definition) is 5. The van der Waals surface area contributed by atoms with Crippen molar-refractivity contribution in [1.82, 2.24) is 19.7 Å². The number of piperidine rings is 1. The fourth-order valence-electron chi connectivity index (χ4n) is 3.67. The van der Waals surface area contributed by atoms with Gasteiger partial charge < -0.3 is 9.64 Å². The van der Waals surface area contributed by atoms with Gasteiger partial charge in [-0.3, -0.25) is 4.79 Å². The summed E-state index contributed by atoms with van der Waals surface area (Å²) in [5.74, 6) is 0.186. The zero-order valence-electron chi connectivity index (χ0n) is 17.8. The molecule has 0 spiro atoms. The molecule has 1 aliphatic rings. The number of aromatic nitrogens is 3. The van der Waals surface area contributed by atoms with Gasteiger partial charge in [-0.25, -0.2) is 14.5 Å². The molecule has 7 nitrogen and oxygen atoms in total. The third-order valence-corrected chi connectivity index (χ3v) is 5.55. The molecule has 2 heterocycles. The lowest BCUT2D eigenvalue weighted by Gasteiger charge is -2.31. The summed E-state index contributed by atoms with van der Waals surface area (Å²) in [6, 6.07) is 19.0. The number of esters is 1. The van der Waals surface area contributed by atoms with E-state index in [9.17, 15) is 9.59 Å². The average Bonchev–Trinajstić information content (AvgIpc) is 3.26. The zero-order valence-corrected chi connectivity index (χ0v) is 17.8. The lowest BCUT2D eigenvalue weighted by Crippen LogP contribution is -2.44. The maximum absolute atomic E-state index is 12.8. The summed E-state index contributed by atoms with van der Waals surface area (Å²) in [6.45, 7) is 5.18. The van der Waals surface area contributed by atoms with Crippen LogP contribution in [0.15, 0.2) is 60.7 Å². The van der Waals surface area contributed by atoms with E-state index >= 15 is 0 Å². The molecule has 0 bridgehead atoms. The van der Waals surface area contributed by atoms with Gasteiger partial charge in [-0.1, -0.05) is 55.5 Å². The van der Waals surface area contributed by atoms with E-state index < -0.39 is 12.1 Å². The van der Waals surface area contributed by atoms with Gasteiger partial charge in [0.1, 0.15) is 0 Å². The Labute approximate surface area is 181 Å². The first kappa shape index (κ1) is 20.8. The van der Waals surface area contributed by atoms with Crippen molar-refractivity contribution in [3.63, 3.8) is 0 Å². The minimum atomic E-state index is -0.884. The van der Waals surface area contributed by atoms with E-state index in [-0.39, 0.29) is 11.7 Å². The van der Waals surface area contributed by atoms with Gasteiger partial charge in [0.15, 0.2) is 11.9 Å². The van der Waals surface area contributed by atoms with Gasteiger partial charge in [0.25, 0.3) is 11.7 Å². The van der Waals surface area contributed by atoms with Crippen LogP contribution in [0.5, 0.6) is 0 Å². The minimum absolute atomic E-state index is 0.0744. The molecule has 4 rings (SSSR count). The summed E-state index contributed by atoms with van der Waals surface area (Å²) in [4.78, 5) is 31.7. The molecule has 1 aromatic heterocycles. The Morgan fingerprint density at radius 1 is 1.00 bits per heavy atom. The van der Waals surface area contributed by atoms with E-state index in [1.165, 1.54) is 0 Å². The molecule has 160 valence electrons. The lowest BCUT2D eigenvalue weighted by atomic mass is 9.99. The van der Waals surface area contributed by atoms with Crippen LogP contribution in [0.2, 0.25) is 0 Å². The van der Waals surface area contributed by atoms with Crippen molar-refractivity contribution in [2.45, 2.75) is 32.8 Å². The van der Waals surface area contributed by atoms with Crippen molar-refractivity contribution in [2.24, 2.45) is 5.92 Å². The van der Waals surface area contributed by atoms with Crippen LogP contribution in [0, 0.1) is 5.92 Å². The van der Waals surface area contributed by atoms with Crippen LogP contribution >= 0.6 is 0 Å². The molecule has 0 saturated carbocycles. The highest BCUT2D eigenvalue weighted by Gasteiger charge is 2.29. The predicted octanol–water partition coefficient (Wildman–Crippen LogP) is 3.74. The van der Waals surface area contributed by atoms with Crippen molar-refractivity contribution >= 4 is 11.9 Å². The molecule has 31 heavy (non-hydrogen) atoms. The van der Waals surface area contributed by atoms with E-state index in [2.05, 4.69) is 17.0 Å². The van der Waals surface area contributed by atoms with Crippen molar-refractivity contribution in [1.29, 1.82) is 0 Å². The van der Waals surface area contributed by atoms with E-state index in [0.717, 1.165) is 24.1 Å². The van der Waals surface area contributed by atoms with Crippen LogP contribution in [0.1, 0.15) is 37.3 Å². The van der Waals surface area contributed by atoms with Crippen LogP contribution in [-0.2, 0) is 9.53 Å². The first-order valence-corrected chi connectivity index (χ1v) is 10.6. The number of carbonyl (C=O) groups excluding carboxylic acids is 2. The van der Waals surface area contributed by atoms with Crippen LogP contribution in [0.25, 0.3) is 17.1 Å². The molecular weight excluding hydrogens is 392 g/mol. The number of para-hydroxylation sites is 1. The van der Waals surface area contributed by atoms with E-state index in [0.29, 0.717) is 24.8 Å². The summed E-state index contributed by atoms with van der Waals surface area (Å²) in [7, 11) is 0. The fraction of sp³-hybridized carbons (Fsp3) is 0.333. The quantitative estimate of drug-likeness (QED) is 0.590. The third kappa shape index (κ3) is 4.66. The zero-order chi connectivity index (χ0) is 21.8. The van der Waals surface area contributed by atoms with Crippen LogP contribution in [0.3, 0.4) is 0 Å². The molecule has 1 amide bonds. The standard InChI is InChI=1S/C24H26N4O3/c1-17-13-15-27(16-14-17)23(29)18(2)31-24(30)21-25-22(19-9-5-3-6-10-19)28(26-21)20-11-7-4-8-12-20/h3-12,17-18H,13-16H2,1-2H3. The van der Waals surface area contributed by atoms with Crippen LogP contribution in [0.4, 0.5) is 0 Å². The van der Waals surface area contributed by atoms with Gasteiger partial charge >= 0.3 is 5.97 Å². The number of benzene rings is 2. The number of amides is 1. The molecule has 1 aliphatic heterocycles. The fourth-order valence-corrected chi connectivity index (χ4v) is 3.67. The van der Waals surface area contributed by atoms with E-state index in [4.69, 9.17) is 4.74 Å². The summed E-state index contributed by atoms with van der Waals surface area (Å²) in [6.07, 6.45) is 1.05. The number of ether oxygens (including phenoxy) is 1. The second kappa shape index (κ2) is 9.12. The summed E-state index contributed by atoms with van der Waals surface area (Å²) in [5.41, 5.74) is 1.60. The van der Waals surface area contributed by atoms with Crippen LogP contribution < -0.4 is 0 Å². The Morgan fingerprint density at radius 2 is 1.61 bits per heavy atom. The van der Waals surface area contributed by atoms with Gasteiger partial charge in [0, 0.05) is 18.7 Å². The molecule has 7 heteroatoms. The van der Waals surface area contributed by atoms with Crippen LogP contribution in [-0.4, -0.2) is 50.7 Å². The number of carbonyl (C=O) groups is 2. The van der Waals surface area contributed by atoms with Crippen molar-refractivity contribution in [3.8, 4) is 17.1 Å². The highest BCUT2D eigenvalue weighted by molar-refractivity contribution is 5.89. The predicted molar refractivity (Wildman–Crippen MR) is 117 cm³/mol. The normalized spacial score (nSPS) is 15.5. The molecule has 1 unspecified atom stereocenters. The number of hydrogen-bond donors (Lipinski definition) is 0. The van der Waals surface area contributed by atoms with Gasteiger partial charge in [0.05, 0.1) is 5.69 Å². The summed E-state index contributed by atoms with van der Waals surface area (Å²) >= 11 is 0.